The lowest BCUT2D eigenvalue weighted by Crippen LogP contribution is -2.22. The number of hydrogen-bond acceptors (Lipinski definition) is 3. The monoisotopic (exact) mass is 344 g/mol. The molecule has 0 saturated carbocycles. The molecule has 1 aliphatic heterocycles. The average molecular weight is 344 g/mol. The van der Waals surface area contributed by atoms with Crippen LogP contribution in [0.25, 0.3) is 0 Å². The molecule has 25 heavy (non-hydrogen) atoms. The van der Waals surface area contributed by atoms with Crippen LogP contribution < -0.4 is 10.6 Å². The molecule has 1 fully saturated rings. The third kappa shape index (κ3) is 3.88. The minimum atomic E-state index is -0.813. The average Bonchev–Trinajstić information content (AvgIpc) is 2.89. The minimum Gasteiger partial charge on any atom is -0.322 e. The van der Waals surface area contributed by atoms with Crippen molar-refractivity contribution in [1.29, 1.82) is 0 Å². The van der Waals surface area contributed by atoms with Crippen molar-refractivity contribution in [3.8, 4) is 0 Å². The number of nitrogens with one attached hydrogen (secondary N) is 2. The van der Waals surface area contributed by atoms with Gasteiger partial charge < -0.3 is 5.32 Å². The number of carbonyl (C=O) groups excluding carboxylic acids is 3. The van der Waals surface area contributed by atoms with E-state index in [2.05, 4.69) is 10.6 Å². The molecule has 0 unspecified atom stereocenters. The van der Waals surface area contributed by atoms with E-state index in [1.807, 2.05) is 0 Å². The van der Waals surface area contributed by atoms with Crippen LogP contribution in [-0.4, -0.2) is 17.7 Å². The number of hydrogen-bond donors (Lipinski definition) is 2. The lowest BCUT2D eigenvalue weighted by Gasteiger charge is -2.09. The third-order valence-electron chi connectivity index (χ3n) is 3.93. The summed E-state index contributed by atoms with van der Waals surface area (Å²) in [7, 11) is 0. The standard InChI is InChI=1S/C18H14F2N2O3/c19-12-3-6-15(20)14(9-12)18(25)21-13-4-1-10(2-5-13)7-11-8-16(23)22-17(11)24/h1-6,9,11H,7-8H2,(H,21,25)(H,22,23,24)/t11-/m0/s1. The Labute approximate surface area is 142 Å². The molecule has 2 aromatic rings. The van der Waals surface area contributed by atoms with Gasteiger partial charge in [-0.15, -0.1) is 0 Å². The van der Waals surface area contributed by atoms with Crippen LogP contribution in [0.1, 0.15) is 22.3 Å². The minimum absolute atomic E-state index is 0.163. The maximum atomic E-state index is 13.6. The summed E-state index contributed by atoms with van der Waals surface area (Å²) in [6.07, 6.45) is 0.570. The summed E-state index contributed by atoms with van der Waals surface area (Å²) in [5, 5.41) is 4.74. The van der Waals surface area contributed by atoms with Gasteiger partial charge in [0.25, 0.3) is 5.91 Å². The zero-order valence-corrected chi connectivity index (χ0v) is 13.0. The Hall–Kier alpha value is -3.09. The molecular formula is C18H14F2N2O3. The highest BCUT2D eigenvalue weighted by molar-refractivity contribution is 6.04. The summed E-state index contributed by atoms with van der Waals surface area (Å²) in [5.74, 6) is -3.24. The fourth-order valence-electron chi connectivity index (χ4n) is 2.65. The van der Waals surface area contributed by atoms with Gasteiger partial charge in [0.1, 0.15) is 11.6 Å². The SMILES string of the molecule is O=C1C[C@H](Cc2ccc(NC(=O)c3cc(F)ccc3F)cc2)C(=O)N1. The zero-order valence-electron chi connectivity index (χ0n) is 13.0. The van der Waals surface area contributed by atoms with Crippen LogP contribution in [0, 0.1) is 17.6 Å². The molecule has 0 bridgehead atoms. The molecule has 1 aliphatic rings. The van der Waals surface area contributed by atoms with E-state index in [1.54, 1.807) is 24.3 Å². The highest BCUT2D eigenvalue weighted by atomic mass is 19.1. The van der Waals surface area contributed by atoms with E-state index in [-0.39, 0.29) is 23.8 Å². The van der Waals surface area contributed by atoms with Gasteiger partial charge in [-0.25, -0.2) is 8.78 Å². The molecule has 0 aromatic heterocycles. The molecule has 1 atom stereocenters. The van der Waals surface area contributed by atoms with Crippen LogP contribution in [-0.2, 0) is 16.0 Å². The number of carbonyl (C=O) groups is 3. The summed E-state index contributed by atoms with van der Waals surface area (Å²) < 4.78 is 26.7. The maximum Gasteiger partial charge on any atom is 0.258 e. The molecule has 128 valence electrons. The highest BCUT2D eigenvalue weighted by Gasteiger charge is 2.30. The topological polar surface area (TPSA) is 75.3 Å². The molecule has 3 rings (SSSR count). The van der Waals surface area contributed by atoms with Crippen molar-refractivity contribution in [3.05, 3.63) is 65.2 Å². The van der Waals surface area contributed by atoms with Gasteiger partial charge in [-0.2, -0.15) is 0 Å². The van der Waals surface area contributed by atoms with E-state index < -0.39 is 23.5 Å². The molecule has 2 aromatic carbocycles. The van der Waals surface area contributed by atoms with Crippen LogP contribution in [0.15, 0.2) is 42.5 Å². The first kappa shape index (κ1) is 16.8. The smallest absolute Gasteiger partial charge is 0.258 e. The van der Waals surface area contributed by atoms with Gasteiger partial charge in [0.2, 0.25) is 11.8 Å². The fourth-order valence-corrected chi connectivity index (χ4v) is 2.65. The number of rotatable bonds is 4. The van der Waals surface area contributed by atoms with Crippen LogP contribution in [0.3, 0.4) is 0 Å². The zero-order chi connectivity index (χ0) is 18.0. The maximum absolute atomic E-state index is 13.6. The Morgan fingerprint density at radius 1 is 1.12 bits per heavy atom. The highest BCUT2D eigenvalue weighted by Crippen LogP contribution is 2.19. The Kier molecular flexibility index (Phi) is 4.56. The lowest BCUT2D eigenvalue weighted by atomic mass is 9.98. The predicted octanol–water partition coefficient (Wildman–Crippen LogP) is 2.42. The molecule has 0 spiro atoms. The number of anilines is 1. The second-order valence-corrected chi connectivity index (χ2v) is 5.79. The first-order chi connectivity index (χ1) is 11.9. The van der Waals surface area contributed by atoms with Crippen LogP contribution >= 0.6 is 0 Å². The number of benzene rings is 2. The molecular weight excluding hydrogens is 330 g/mol. The molecule has 7 heteroatoms. The molecule has 1 heterocycles. The molecule has 2 N–H and O–H groups in total. The second kappa shape index (κ2) is 6.80. The Bertz CT molecular complexity index is 850. The lowest BCUT2D eigenvalue weighted by molar-refractivity contribution is -0.125. The second-order valence-electron chi connectivity index (χ2n) is 5.79. The quantitative estimate of drug-likeness (QED) is 0.837. The molecule has 3 amide bonds. The van der Waals surface area contributed by atoms with E-state index in [0.29, 0.717) is 12.1 Å². The van der Waals surface area contributed by atoms with E-state index >= 15 is 0 Å². The van der Waals surface area contributed by atoms with Gasteiger partial charge in [0.05, 0.1) is 11.5 Å². The van der Waals surface area contributed by atoms with E-state index in [4.69, 9.17) is 0 Å². The predicted molar refractivity (Wildman–Crippen MR) is 85.7 cm³/mol. The number of imide groups is 1. The third-order valence-corrected chi connectivity index (χ3v) is 3.93. The summed E-state index contributed by atoms with van der Waals surface area (Å²) in [6, 6.07) is 9.25. The molecule has 0 aliphatic carbocycles. The summed E-state index contributed by atoms with van der Waals surface area (Å²) in [6.45, 7) is 0. The van der Waals surface area contributed by atoms with Crippen molar-refractivity contribution in [2.45, 2.75) is 12.8 Å². The van der Waals surface area contributed by atoms with E-state index in [0.717, 1.165) is 23.8 Å². The summed E-state index contributed by atoms with van der Waals surface area (Å²) in [4.78, 5) is 34.8. The van der Waals surface area contributed by atoms with Crippen molar-refractivity contribution in [2.75, 3.05) is 5.32 Å². The number of amides is 3. The van der Waals surface area contributed by atoms with Gasteiger partial charge in [0.15, 0.2) is 0 Å². The normalized spacial score (nSPS) is 16.6. The summed E-state index contributed by atoms with van der Waals surface area (Å²) in [5.41, 5.74) is 0.847. The van der Waals surface area contributed by atoms with E-state index in [1.165, 1.54) is 0 Å². The first-order valence-electron chi connectivity index (χ1n) is 7.61. The van der Waals surface area contributed by atoms with Gasteiger partial charge >= 0.3 is 0 Å². The number of halogens is 2. The first-order valence-corrected chi connectivity index (χ1v) is 7.61. The largest absolute Gasteiger partial charge is 0.322 e. The van der Waals surface area contributed by atoms with Crippen molar-refractivity contribution >= 4 is 23.4 Å². The van der Waals surface area contributed by atoms with Gasteiger partial charge in [-0.1, -0.05) is 12.1 Å². The van der Waals surface area contributed by atoms with E-state index in [9.17, 15) is 23.2 Å². The Morgan fingerprint density at radius 2 is 1.84 bits per heavy atom. The van der Waals surface area contributed by atoms with Crippen molar-refractivity contribution in [3.63, 3.8) is 0 Å². The molecule has 0 radical (unpaired) electrons. The molecule has 5 nitrogen and oxygen atoms in total. The Balaban J connectivity index is 1.66. The Morgan fingerprint density at radius 3 is 2.48 bits per heavy atom. The van der Waals surface area contributed by atoms with Gasteiger partial charge in [0, 0.05) is 12.1 Å². The molecule has 1 saturated heterocycles. The van der Waals surface area contributed by atoms with Gasteiger partial charge in [-0.05, 0) is 42.3 Å². The van der Waals surface area contributed by atoms with Crippen molar-refractivity contribution < 1.29 is 23.2 Å². The summed E-state index contributed by atoms with van der Waals surface area (Å²) >= 11 is 0. The van der Waals surface area contributed by atoms with Crippen molar-refractivity contribution in [2.24, 2.45) is 5.92 Å². The van der Waals surface area contributed by atoms with Crippen LogP contribution in [0.2, 0.25) is 0 Å². The van der Waals surface area contributed by atoms with Crippen LogP contribution in [0.5, 0.6) is 0 Å². The van der Waals surface area contributed by atoms with Gasteiger partial charge in [-0.3, -0.25) is 19.7 Å². The van der Waals surface area contributed by atoms with Crippen LogP contribution in [0.4, 0.5) is 14.5 Å². The fraction of sp³-hybridized carbons (Fsp3) is 0.167. The van der Waals surface area contributed by atoms with Crippen molar-refractivity contribution in [1.82, 2.24) is 5.32 Å².